The first-order valence-corrected chi connectivity index (χ1v) is 4.04. The van der Waals surface area contributed by atoms with Crippen molar-refractivity contribution in [1.82, 2.24) is 4.98 Å². The molecule has 0 amide bonds. The number of nitrogens with zero attached hydrogens (tertiary/aromatic N) is 1. The summed E-state index contributed by atoms with van der Waals surface area (Å²) in [5.41, 5.74) is -0.165. The fourth-order valence-corrected chi connectivity index (χ4v) is 1.04. The fourth-order valence-electron chi connectivity index (χ4n) is 1.04. The van der Waals surface area contributed by atoms with Gasteiger partial charge < -0.3 is 9.52 Å². The largest absolute Gasteiger partial charge is 0.451 e. The second-order valence-corrected chi connectivity index (χ2v) is 3.13. The van der Waals surface area contributed by atoms with Crippen LogP contribution in [0.25, 0.3) is 0 Å². The summed E-state index contributed by atoms with van der Waals surface area (Å²) in [4.78, 5) is 3.56. The first-order chi connectivity index (χ1) is 6.36. The number of alkyl halides is 3. The van der Waals surface area contributed by atoms with Crippen LogP contribution in [-0.4, -0.2) is 10.1 Å². The van der Waals surface area contributed by atoms with E-state index in [-0.39, 0.29) is 11.6 Å². The molecule has 0 spiro atoms. The zero-order chi connectivity index (χ0) is 10.9. The van der Waals surface area contributed by atoms with Gasteiger partial charge in [-0.3, -0.25) is 0 Å². The zero-order valence-corrected chi connectivity index (χ0v) is 7.72. The molecule has 0 aromatic carbocycles. The van der Waals surface area contributed by atoms with Crippen molar-refractivity contribution in [3.05, 3.63) is 17.3 Å². The summed E-state index contributed by atoms with van der Waals surface area (Å²) < 4.78 is 41.4. The minimum atomic E-state index is -4.56. The van der Waals surface area contributed by atoms with E-state index < -0.39 is 24.5 Å². The van der Waals surface area contributed by atoms with Crippen LogP contribution >= 0.6 is 0 Å². The van der Waals surface area contributed by atoms with Gasteiger partial charge in [-0.05, 0) is 5.92 Å². The van der Waals surface area contributed by atoms with Gasteiger partial charge >= 0.3 is 6.18 Å². The van der Waals surface area contributed by atoms with Crippen LogP contribution in [0, 0.1) is 0 Å². The monoisotopic (exact) mass is 209 g/mol. The zero-order valence-electron chi connectivity index (χ0n) is 7.72. The van der Waals surface area contributed by atoms with Crippen LogP contribution in [0.5, 0.6) is 0 Å². The van der Waals surface area contributed by atoms with Crippen LogP contribution in [0.4, 0.5) is 13.2 Å². The highest BCUT2D eigenvalue weighted by molar-refractivity contribution is 5.16. The standard InChI is InChI=1S/C8H10F3NO2/c1-4(2)6-7(8(9,10)11)14-5(3-13)12-6/h4,13H,3H2,1-2H3. The van der Waals surface area contributed by atoms with Gasteiger partial charge in [0.1, 0.15) is 6.61 Å². The first-order valence-electron chi connectivity index (χ1n) is 4.04. The molecule has 0 aliphatic rings. The molecule has 6 heteroatoms. The molecule has 1 heterocycles. The number of rotatable bonds is 2. The normalized spacial score (nSPS) is 12.5. The lowest BCUT2D eigenvalue weighted by atomic mass is 10.1. The van der Waals surface area contributed by atoms with E-state index in [0.29, 0.717) is 0 Å². The quantitative estimate of drug-likeness (QED) is 0.812. The summed E-state index contributed by atoms with van der Waals surface area (Å²) in [5, 5.41) is 8.60. The highest BCUT2D eigenvalue weighted by Gasteiger charge is 2.40. The topological polar surface area (TPSA) is 46.3 Å². The van der Waals surface area contributed by atoms with E-state index in [1.54, 1.807) is 13.8 Å². The Labute approximate surface area is 78.6 Å². The molecule has 14 heavy (non-hydrogen) atoms. The van der Waals surface area contributed by atoms with Crippen LogP contribution in [-0.2, 0) is 12.8 Å². The Bertz CT molecular complexity index is 317. The summed E-state index contributed by atoms with van der Waals surface area (Å²) in [5.74, 6) is -1.81. The van der Waals surface area contributed by atoms with Gasteiger partial charge in [-0.15, -0.1) is 0 Å². The molecule has 3 nitrogen and oxygen atoms in total. The third-order valence-corrected chi connectivity index (χ3v) is 1.64. The average molecular weight is 209 g/mol. The van der Waals surface area contributed by atoms with E-state index in [2.05, 4.69) is 9.40 Å². The molecule has 0 bridgehead atoms. The van der Waals surface area contributed by atoms with E-state index in [1.807, 2.05) is 0 Å². The van der Waals surface area contributed by atoms with E-state index in [1.165, 1.54) is 0 Å². The highest BCUT2D eigenvalue weighted by atomic mass is 19.4. The molecule has 1 aromatic heterocycles. The van der Waals surface area contributed by atoms with Crippen LogP contribution in [0.2, 0.25) is 0 Å². The van der Waals surface area contributed by atoms with Crippen molar-refractivity contribution < 1.29 is 22.7 Å². The van der Waals surface area contributed by atoms with Gasteiger partial charge in [0, 0.05) is 0 Å². The van der Waals surface area contributed by atoms with Gasteiger partial charge in [0.2, 0.25) is 11.7 Å². The number of aliphatic hydroxyl groups excluding tert-OH is 1. The average Bonchev–Trinajstić information content (AvgIpc) is 2.46. The van der Waals surface area contributed by atoms with Crippen LogP contribution in [0.1, 0.15) is 37.1 Å². The molecule has 0 unspecified atom stereocenters. The minimum absolute atomic E-state index is 0.165. The Morgan fingerprint density at radius 3 is 2.29 bits per heavy atom. The summed E-state index contributed by atoms with van der Waals surface area (Å²) >= 11 is 0. The second-order valence-electron chi connectivity index (χ2n) is 3.13. The van der Waals surface area contributed by atoms with Gasteiger partial charge in [-0.1, -0.05) is 13.8 Å². The number of aliphatic hydroxyl groups is 1. The lowest BCUT2D eigenvalue weighted by molar-refractivity contribution is -0.154. The van der Waals surface area contributed by atoms with Crippen LogP contribution in [0.3, 0.4) is 0 Å². The predicted molar refractivity (Wildman–Crippen MR) is 41.5 cm³/mol. The molecule has 1 rings (SSSR count). The SMILES string of the molecule is CC(C)c1nc(CO)oc1C(F)(F)F. The Hall–Kier alpha value is -1.04. The Morgan fingerprint density at radius 2 is 2.00 bits per heavy atom. The number of hydrogen-bond acceptors (Lipinski definition) is 3. The number of halogens is 3. The maximum absolute atomic E-state index is 12.3. The smallest absolute Gasteiger partial charge is 0.433 e. The molecule has 80 valence electrons. The third-order valence-electron chi connectivity index (χ3n) is 1.64. The molecule has 0 aliphatic heterocycles. The predicted octanol–water partition coefficient (Wildman–Crippen LogP) is 2.31. The highest BCUT2D eigenvalue weighted by Crippen LogP contribution is 2.35. The van der Waals surface area contributed by atoms with Gasteiger partial charge in [0.05, 0.1) is 5.69 Å². The van der Waals surface area contributed by atoms with Crippen molar-refractivity contribution in [2.45, 2.75) is 32.5 Å². The van der Waals surface area contributed by atoms with Crippen molar-refractivity contribution in [2.24, 2.45) is 0 Å². The molecular weight excluding hydrogens is 199 g/mol. The Morgan fingerprint density at radius 1 is 1.43 bits per heavy atom. The van der Waals surface area contributed by atoms with E-state index in [4.69, 9.17) is 5.11 Å². The van der Waals surface area contributed by atoms with Crippen LogP contribution in [0.15, 0.2) is 4.42 Å². The Balaban J connectivity index is 3.19. The molecule has 0 aliphatic carbocycles. The molecule has 0 atom stereocenters. The summed E-state index contributed by atoms with van der Waals surface area (Å²) in [6.07, 6.45) is -4.56. The summed E-state index contributed by atoms with van der Waals surface area (Å²) in [7, 11) is 0. The molecular formula is C8H10F3NO2. The van der Waals surface area contributed by atoms with Crippen molar-refractivity contribution in [3.63, 3.8) is 0 Å². The third kappa shape index (κ3) is 2.06. The lowest BCUT2D eigenvalue weighted by Gasteiger charge is -2.06. The molecule has 0 saturated heterocycles. The van der Waals surface area contributed by atoms with Crippen molar-refractivity contribution in [3.8, 4) is 0 Å². The molecule has 0 fully saturated rings. The summed E-state index contributed by atoms with van der Waals surface area (Å²) in [6, 6.07) is 0. The molecule has 1 N–H and O–H groups in total. The maximum atomic E-state index is 12.3. The second kappa shape index (κ2) is 3.61. The first kappa shape index (κ1) is 11.0. The van der Waals surface area contributed by atoms with Crippen LogP contribution < -0.4 is 0 Å². The molecule has 0 radical (unpaired) electrons. The van der Waals surface area contributed by atoms with E-state index in [9.17, 15) is 13.2 Å². The maximum Gasteiger partial charge on any atom is 0.451 e. The van der Waals surface area contributed by atoms with Gasteiger partial charge in [-0.25, -0.2) is 4.98 Å². The minimum Gasteiger partial charge on any atom is -0.433 e. The van der Waals surface area contributed by atoms with Gasteiger partial charge in [0.25, 0.3) is 0 Å². The van der Waals surface area contributed by atoms with E-state index >= 15 is 0 Å². The van der Waals surface area contributed by atoms with Gasteiger partial charge in [-0.2, -0.15) is 13.2 Å². The number of hydrogen-bond donors (Lipinski definition) is 1. The van der Waals surface area contributed by atoms with Crippen molar-refractivity contribution in [1.29, 1.82) is 0 Å². The summed E-state index contributed by atoms with van der Waals surface area (Å²) in [6.45, 7) is 2.53. The van der Waals surface area contributed by atoms with E-state index in [0.717, 1.165) is 0 Å². The molecule has 0 saturated carbocycles. The number of oxazole rings is 1. The fraction of sp³-hybridized carbons (Fsp3) is 0.625. The van der Waals surface area contributed by atoms with Crippen molar-refractivity contribution in [2.75, 3.05) is 0 Å². The number of aromatic nitrogens is 1. The lowest BCUT2D eigenvalue weighted by Crippen LogP contribution is -2.08. The molecule has 1 aromatic rings. The van der Waals surface area contributed by atoms with Crippen molar-refractivity contribution >= 4 is 0 Å². The van der Waals surface area contributed by atoms with Gasteiger partial charge in [0.15, 0.2) is 0 Å². The Kier molecular flexibility index (Phi) is 2.84.